The first-order valence-corrected chi connectivity index (χ1v) is 16.3. The molecule has 2 aromatic carbocycles. The molecule has 0 aliphatic heterocycles. The molecule has 3 rings (SSSR count). The van der Waals surface area contributed by atoms with E-state index in [1.54, 1.807) is 13.0 Å². The fourth-order valence-electron chi connectivity index (χ4n) is 3.78. The minimum atomic E-state index is -3.70. The van der Waals surface area contributed by atoms with Crippen molar-refractivity contribution in [2.45, 2.75) is 49.9 Å². The van der Waals surface area contributed by atoms with Gasteiger partial charge in [0.2, 0.25) is 10.0 Å². The fourth-order valence-corrected chi connectivity index (χ4v) is 7.19. The van der Waals surface area contributed by atoms with Crippen molar-refractivity contribution in [2.75, 3.05) is 26.0 Å². The molecule has 13 heteroatoms. The summed E-state index contributed by atoms with van der Waals surface area (Å²) >= 11 is 1.06. The zero-order chi connectivity index (χ0) is 28.1. The number of esters is 1. The maximum absolute atomic E-state index is 13.0. The molecule has 3 aromatic rings. The molecule has 0 N–H and O–H groups in total. The SMILES string of the molecule is CCCN(CCC)S(=O)(=O)c1ccc(C(=O)N=c2sc3cc(S(C)(=O)=O)ccc3n2CC(=O)OCC)cc1. The normalized spacial score (nSPS) is 12.8. The highest BCUT2D eigenvalue weighted by Gasteiger charge is 2.23. The van der Waals surface area contributed by atoms with Gasteiger partial charge in [-0.25, -0.2) is 16.8 Å². The van der Waals surface area contributed by atoms with E-state index in [0.717, 1.165) is 17.6 Å². The van der Waals surface area contributed by atoms with E-state index in [2.05, 4.69) is 4.99 Å². The van der Waals surface area contributed by atoms with E-state index in [1.165, 1.54) is 45.3 Å². The maximum Gasteiger partial charge on any atom is 0.326 e. The van der Waals surface area contributed by atoms with Crippen molar-refractivity contribution in [3.05, 3.63) is 52.8 Å². The van der Waals surface area contributed by atoms with E-state index in [-0.39, 0.29) is 33.3 Å². The summed E-state index contributed by atoms with van der Waals surface area (Å²) in [5, 5.41) is 0. The summed E-state index contributed by atoms with van der Waals surface area (Å²) in [6, 6.07) is 10.0. The van der Waals surface area contributed by atoms with Crippen LogP contribution in [0.1, 0.15) is 44.0 Å². The Labute approximate surface area is 226 Å². The molecule has 206 valence electrons. The van der Waals surface area contributed by atoms with E-state index in [1.807, 2.05) is 13.8 Å². The Bertz CT molecular complexity index is 1600. The number of hydrogen-bond acceptors (Lipinski definition) is 8. The van der Waals surface area contributed by atoms with Crippen LogP contribution in [-0.4, -0.2) is 63.5 Å². The maximum atomic E-state index is 13.0. The van der Waals surface area contributed by atoms with Gasteiger partial charge in [0.25, 0.3) is 5.91 Å². The van der Waals surface area contributed by atoms with Crippen molar-refractivity contribution in [3.63, 3.8) is 0 Å². The molecule has 0 aliphatic carbocycles. The molecule has 0 bridgehead atoms. The van der Waals surface area contributed by atoms with Gasteiger partial charge in [-0.1, -0.05) is 25.2 Å². The first kappa shape index (κ1) is 29.7. The van der Waals surface area contributed by atoms with Crippen molar-refractivity contribution >= 4 is 53.3 Å². The third-order valence-electron chi connectivity index (χ3n) is 5.56. The molecule has 0 spiro atoms. The highest BCUT2D eigenvalue weighted by molar-refractivity contribution is 7.90. The van der Waals surface area contributed by atoms with Gasteiger partial charge in [0.05, 0.1) is 26.6 Å². The summed E-state index contributed by atoms with van der Waals surface area (Å²) in [7, 11) is -7.17. The zero-order valence-electron chi connectivity index (χ0n) is 21.7. The molecule has 10 nitrogen and oxygen atoms in total. The van der Waals surface area contributed by atoms with Gasteiger partial charge in [-0.2, -0.15) is 9.30 Å². The van der Waals surface area contributed by atoms with Crippen LogP contribution in [0, 0.1) is 0 Å². The van der Waals surface area contributed by atoms with Gasteiger partial charge in [-0.3, -0.25) is 9.59 Å². The molecule has 1 amide bonds. The summed E-state index contributed by atoms with van der Waals surface area (Å²) < 4.78 is 58.5. The first-order chi connectivity index (χ1) is 17.9. The van der Waals surface area contributed by atoms with Gasteiger partial charge in [-0.15, -0.1) is 0 Å². The smallest absolute Gasteiger partial charge is 0.326 e. The second-order valence-electron chi connectivity index (χ2n) is 8.52. The standard InChI is InChI=1S/C25H31N3O7S3/c1-5-14-27(15-6-2)38(33,34)19-10-8-18(9-11-19)24(30)26-25-28(17-23(29)35-7-3)21-13-12-20(37(4,31)32)16-22(21)36-25/h8-13,16H,5-7,14-15,17H2,1-4H3. The number of fused-ring (bicyclic) bond motifs is 1. The van der Waals surface area contributed by atoms with Gasteiger partial charge in [-0.05, 0) is 62.2 Å². The van der Waals surface area contributed by atoms with E-state index in [9.17, 15) is 26.4 Å². The summed E-state index contributed by atoms with van der Waals surface area (Å²) in [4.78, 5) is 29.8. The topological polar surface area (TPSA) is 132 Å². The molecule has 38 heavy (non-hydrogen) atoms. The third kappa shape index (κ3) is 6.76. The second-order valence-corrected chi connectivity index (χ2v) is 13.5. The van der Waals surface area contributed by atoms with E-state index in [0.29, 0.717) is 36.1 Å². The van der Waals surface area contributed by atoms with E-state index >= 15 is 0 Å². The number of rotatable bonds is 11. The largest absolute Gasteiger partial charge is 0.465 e. The molecule has 0 fully saturated rings. The number of thiazole rings is 1. The number of sulfone groups is 1. The molecule has 1 aromatic heterocycles. The minimum Gasteiger partial charge on any atom is -0.465 e. The Morgan fingerprint density at radius 2 is 1.55 bits per heavy atom. The number of carbonyl (C=O) groups excluding carboxylic acids is 2. The van der Waals surface area contributed by atoms with Crippen LogP contribution in [0.4, 0.5) is 0 Å². The van der Waals surface area contributed by atoms with Crippen molar-refractivity contribution in [3.8, 4) is 0 Å². The average Bonchev–Trinajstić information content (AvgIpc) is 3.19. The molecule has 0 saturated heterocycles. The van der Waals surface area contributed by atoms with Crippen LogP contribution in [-0.2, 0) is 35.9 Å². The van der Waals surface area contributed by atoms with Crippen molar-refractivity contribution < 1.29 is 31.2 Å². The lowest BCUT2D eigenvalue weighted by Crippen LogP contribution is -2.32. The van der Waals surface area contributed by atoms with Crippen LogP contribution < -0.4 is 4.80 Å². The number of hydrogen-bond donors (Lipinski definition) is 0. The van der Waals surface area contributed by atoms with Crippen LogP contribution in [0.25, 0.3) is 10.2 Å². The number of sulfonamides is 1. The summed E-state index contributed by atoms with van der Waals surface area (Å²) in [5.74, 6) is -1.17. The Morgan fingerprint density at radius 3 is 2.11 bits per heavy atom. The lowest BCUT2D eigenvalue weighted by molar-refractivity contribution is -0.143. The number of amides is 1. The predicted octanol–water partition coefficient (Wildman–Crippen LogP) is 3.22. The van der Waals surface area contributed by atoms with Gasteiger partial charge < -0.3 is 9.30 Å². The van der Waals surface area contributed by atoms with Crippen molar-refractivity contribution in [1.82, 2.24) is 8.87 Å². The molecule has 0 saturated carbocycles. The summed E-state index contributed by atoms with van der Waals surface area (Å²) in [6.07, 6.45) is 2.46. The molecular formula is C25H31N3O7S3. The monoisotopic (exact) mass is 581 g/mol. The van der Waals surface area contributed by atoms with Gasteiger partial charge >= 0.3 is 5.97 Å². The van der Waals surface area contributed by atoms with E-state index < -0.39 is 31.7 Å². The Kier molecular flexibility index (Phi) is 9.63. The molecule has 0 radical (unpaired) electrons. The molecule has 1 heterocycles. The van der Waals surface area contributed by atoms with Crippen molar-refractivity contribution in [2.24, 2.45) is 4.99 Å². The number of carbonyl (C=O) groups is 2. The number of nitrogens with zero attached hydrogens (tertiary/aromatic N) is 3. The lowest BCUT2D eigenvalue weighted by Gasteiger charge is -2.21. The molecular weight excluding hydrogens is 550 g/mol. The molecule has 0 aliphatic rings. The fraction of sp³-hybridized carbons (Fsp3) is 0.400. The second kappa shape index (κ2) is 12.3. The van der Waals surface area contributed by atoms with E-state index in [4.69, 9.17) is 4.74 Å². The van der Waals surface area contributed by atoms with Gasteiger partial charge in [0.15, 0.2) is 14.6 Å². The number of aromatic nitrogens is 1. The highest BCUT2D eigenvalue weighted by Crippen LogP contribution is 2.23. The Balaban J connectivity index is 2.03. The van der Waals surface area contributed by atoms with Crippen LogP contribution >= 0.6 is 11.3 Å². The Morgan fingerprint density at radius 1 is 0.947 bits per heavy atom. The predicted molar refractivity (Wildman–Crippen MR) is 145 cm³/mol. The van der Waals surface area contributed by atoms with Gasteiger partial charge in [0.1, 0.15) is 6.54 Å². The van der Waals surface area contributed by atoms with Crippen LogP contribution in [0.15, 0.2) is 57.2 Å². The lowest BCUT2D eigenvalue weighted by atomic mass is 10.2. The molecule has 0 unspecified atom stereocenters. The van der Waals surface area contributed by atoms with Crippen molar-refractivity contribution in [1.29, 1.82) is 0 Å². The average molecular weight is 582 g/mol. The summed E-state index contributed by atoms with van der Waals surface area (Å²) in [5.41, 5.74) is 0.689. The van der Waals surface area contributed by atoms with Gasteiger partial charge in [0, 0.05) is 24.9 Å². The first-order valence-electron chi connectivity index (χ1n) is 12.1. The molecule has 0 atom stereocenters. The third-order valence-corrected chi connectivity index (χ3v) is 9.62. The summed E-state index contributed by atoms with van der Waals surface area (Å²) in [6.45, 7) is 6.25. The van der Waals surface area contributed by atoms with Crippen LogP contribution in [0.2, 0.25) is 0 Å². The number of ether oxygens (including phenoxy) is 1. The zero-order valence-corrected chi connectivity index (χ0v) is 24.2. The minimum absolute atomic E-state index is 0.0866. The quantitative estimate of drug-likeness (QED) is 0.318. The van der Waals surface area contributed by atoms with Crippen LogP contribution in [0.5, 0.6) is 0 Å². The Hall–Kier alpha value is -2.87. The highest BCUT2D eigenvalue weighted by atomic mass is 32.2. The van der Waals surface area contributed by atoms with Crippen LogP contribution in [0.3, 0.4) is 0 Å². The number of benzene rings is 2.